The number of morpholine rings is 1. The normalized spacial score (nSPS) is 18.3. The number of aromatic nitrogens is 2. The fourth-order valence-electron chi connectivity index (χ4n) is 2.51. The van der Waals surface area contributed by atoms with Crippen LogP contribution in [0.5, 0.6) is 0 Å². The third-order valence-corrected chi connectivity index (χ3v) is 3.59. The van der Waals surface area contributed by atoms with Gasteiger partial charge < -0.3 is 14.4 Å². The lowest BCUT2D eigenvalue weighted by molar-refractivity contribution is 0.0240. The van der Waals surface area contributed by atoms with Crippen LogP contribution in [0.15, 0.2) is 6.20 Å². The maximum absolute atomic E-state index is 12.1. The summed E-state index contributed by atoms with van der Waals surface area (Å²) in [6, 6.07) is 0. The summed E-state index contributed by atoms with van der Waals surface area (Å²) in [4.78, 5) is 25.0. The Kier molecular flexibility index (Phi) is 3.90. The number of hydrogen-bond acceptors (Lipinski definition) is 6. The van der Waals surface area contributed by atoms with Gasteiger partial charge >= 0.3 is 6.09 Å². The van der Waals surface area contributed by atoms with Gasteiger partial charge in [0, 0.05) is 24.8 Å². The molecule has 0 radical (unpaired) electrons. The number of carbonyl (C=O) groups excluding carboxylic acids is 1. The highest BCUT2D eigenvalue weighted by atomic mass is 16.6. The van der Waals surface area contributed by atoms with Crippen molar-refractivity contribution in [2.75, 3.05) is 31.2 Å². The van der Waals surface area contributed by atoms with Crippen LogP contribution < -0.4 is 4.90 Å². The Hall–Kier alpha value is -1.89. The maximum atomic E-state index is 12.1. The van der Waals surface area contributed by atoms with Gasteiger partial charge in [-0.25, -0.2) is 14.8 Å². The molecule has 0 saturated carbocycles. The standard InChI is InChI=1S/C15H22N4O3/c1-15(2,3)22-14(20)19-9-11-8-16-13(17-12(11)10-19)18-4-6-21-7-5-18/h8H,4-7,9-10H2,1-3H3. The van der Waals surface area contributed by atoms with Crippen LogP contribution in [0.4, 0.5) is 10.7 Å². The Morgan fingerprint density at radius 1 is 1.27 bits per heavy atom. The van der Waals surface area contributed by atoms with E-state index in [1.54, 1.807) is 4.90 Å². The Labute approximate surface area is 130 Å². The second-order valence-corrected chi connectivity index (χ2v) is 6.58. The van der Waals surface area contributed by atoms with E-state index in [0.29, 0.717) is 32.3 Å². The summed E-state index contributed by atoms with van der Waals surface area (Å²) in [5.41, 5.74) is 1.40. The van der Waals surface area contributed by atoms with Crippen molar-refractivity contribution in [2.24, 2.45) is 0 Å². The van der Waals surface area contributed by atoms with E-state index in [4.69, 9.17) is 9.47 Å². The van der Waals surface area contributed by atoms with Crippen molar-refractivity contribution in [1.82, 2.24) is 14.9 Å². The Morgan fingerprint density at radius 2 is 2.00 bits per heavy atom. The molecule has 0 N–H and O–H groups in total. The van der Waals surface area contributed by atoms with E-state index in [2.05, 4.69) is 14.9 Å². The largest absolute Gasteiger partial charge is 0.444 e. The first-order valence-electron chi connectivity index (χ1n) is 7.58. The summed E-state index contributed by atoms with van der Waals surface area (Å²) in [5.74, 6) is 0.716. The minimum absolute atomic E-state index is 0.307. The van der Waals surface area contributed by atoms with E-state index in [-0.39, 0.29) is 6.09 Å². The Balaban J connectivity index is 1.69. The molecule has 2 aliphatic rings. The molecule has 1 saturated heterocycles. The molecular weight excluding hydrogens is 284 g/mol. The molecule has 7 heteroatoms. The molecular formula is C15H22N4O3. The van der Waals surface area contributed by atoms with Crippen molar-refractivity contribution in [3.63, 3.8) is 0 Å². The predicted molar refractivity (Wildman–Crippen MR) is 80.5 cm³/mol. The number of ether oxygens (including phenoxy) is 2. The zero-order valence-electron chi connectivity index (χ0n) is 13.3. The molecule has 0 spiro atoms. The monoisotopic (exact) mass is 306 g/mol. The number of hydrogen-bond donors (Lipinski definition) is 0. The average molecular weight is 306 g/mol. The minimum Gasteiger partial charge on any atom is -0.444 e. The molecule has 3 rings (SSSR count). The van der Waals surface area contributed by atoms with E-state index >= 15 is 0 Å². The number of rotatable bonds is 1. The highest BCUT2D eigenvalue weighted by Gasteiger charge is 2.29. The van der Waals surface area contributed by atoms with E-state index in [1.807, 2.05) is 27.0 Å². The van der Waals surface area contributed by atoms with Crippen LogP contribution in [0, 0.1) is 0 Å². The van der Waals surface area contributed by atoms with Crippen molar-refractivity contribution in [2.45, 2.75) is 39.5 Å². The lowest BCUT2D eigenvalue weighted by atomic mass is 10.2. The van der Waals surface area contributed by atoms with Gasteiger partial charge in [-0.05, 0) is 20.8 Å². The molecule has 1 aromatic heterocycles. The Bertz CT molecular complexity index is 564. The van der Waals surface area contributed by atoms with Gasteiger partial charge in [0.15, 0.2) is 0 Å². The molecule has 0 aromatic carbocycles. The van der Waals surface area contributed by atoms with E-state index in [9.17, 15) is 4.79 Å². The van der Waals surface area contributed by atoms with Crippen LogP contribution in [0.1, 0.15) is 32.0 Å². The van der Waals surface area contributed by atoms with Crippen LogP contribution >= 0.6 is 0 Å². The molecule has 1 amide bonds. The molecule has 7 nitrogen and oxygen atoms in total. The highest BCUT2D eigenvalue weighted by Crippen LogP contribution is 2.24. The summed E-state index contributed by atoms with van der Waals surface area (Å²) in [7, 11) is 0. The zero-order chi connectivity index (χ0) is 15.7. The molecule has 0 bridgehead atoms. The van der Waals surface area contributed by atoms with Crippen LogP contribution in [0.3, 0.4) is 0 Å². The molecule has 120 valence electrons. The van der Waals surface area contributed by atoms with Gasteiger partial charge in [0.25, 0.3) is 0 Å². The fourth-order valence-corrected chi connectivity index (χ4v) is 2.51. The lowest BCUT2D eigenvalue weighted by Crippen LogP contribution is -2.37. The number of nitrogens with zero attached hydrogens (tertiary/aromatic N) is 4. The Morgan fingerprint density at radius 3 is 2.68 bits per heavy atom. The van der Waals surface area contributed by atoms with Gasteiger partial charge in [-0.3, -0.25) is 4.90 Å². The average Bonchev–Trinajstić information content (AvgIpc) is 2.89. The van der Waals surface area contributed by atoms with E-state index < -0.39 is 5.60 Å². The van der Waals surface area contributed by atoms with Gasteiger partial charge in [-0.2, -0.15) is 0 Å². The molecule has 3 heterocycles. The summed E-state index contributed by atoms with van der Waals surface area (Å²) < 4.78 is 10.8. The fraction of sp³-hybridized carbons (Fsp3) is 0.667. The van der Waals surface area contributed by atoms with Gasteiger partial charge in [0.05, 0.1) is 32.0 Å². The highest BCUT2D eigenvalue weighted by molar-refractivity contribution is 5.69. The topological polar surface area (TPSA) is 67.8 Å². The lowest BCUT2D eigenvalue weighted by Gasteiger charge is -2.26. The molecule has 0 unspecified atom stereocenters. The second-order valence-electron chi connectivity index (χ2n) is 6.58. The van der Waals surface area contributed by atoms with Crippen molar-refractivity contribution < 1.29 is 14.3 Å². The van der Waals surface area contributed by atoms with Crippen LogP contribution in [-0.4, -0.2) is 52.9 Å². The first kappa shape index (κ1) is 15.0. The van der Waals surface area contributed by atoms with Crippen LogP contribution in [-0.2, 0) is 22.6 Å². The minimum atomic E-state index is -0.490. The predicted octanol–water partition coefficient (Wildman–Crippen LogP) is 1.56. The van der Waals surface area contributed by atoms with Crippen LogP contribution in [0.2, 0.25) is 0 Å². The molecule has 22 heavy (non-hydrogen) atoms. The SMILES string of the molecule is CC(C)(C)OC(=O)N1Cc2cnc(N3CCOCC3)nc2C1. The quantitative estimate of drug-likeness (QED) is 0.784. The first-order valence-corrected chi connectivity index (χ1v) is 7.58. The maximum Gasteiger partial charge on any atom is 0.410 e. The third kappa shape index (κ3) is 3.30. The van der Waals surface area contributed by atoms with Crippen molar-refractivity contribution in [3.05, 3.63) is 17.5 Å². The van der Waals surface area contributed by atoms with Gasteiger partial charge in [0.2, 0.25) is 5.95 Å². The number of anilines is 1. The van der Waals surface area contributed by atoms with Gasteiger partial charge in [-0.1, -0.05) is 0 Å². The van der Waals surface area contributed by atoms with Gasteiger partial charge in [0.1, 0.15) is 5.60 Å². The molecule has 1 fully saturated rings. The molecule has 0 atom stereocenters. The summed E-state index contributed by atoms with van der Waals surface area (Å²) in [6.07, 6.45) is 1.51. The second kappa shape index (κ2) is 5.72. The van der Waals surface area contributed by atoms with E-state index in [0.717, 1.165) is 24.3 Å². The summed E-state index contributed by atoms with van der Waals surface area (Å²) in [6.45, 7) is 9.58. The van der Waals surface area contributed by atoms with Gasteiger partial charge in [-0.15, -0.1) is 0 Å². The number of amides is 1. The molecule has 0 aliphatic carbocycles. The van der Waals surface area contributed by atoms with Crippen molar-refractivity contribution in [3.8, 4) is 0 Å². The number of fused-ring (bicyclic) bond motifs is 1. The van der Waals surface area contributed by atoms with Crippen molar-refractivity contribution >= 4 is 12.0 Å². The summed E-state index contributed by atoms with van der Waals surface area (Å²) >= 11 is 0. The first-order chi connectivity index (χ1) is 10.4. The van der Waals surface area contributed by atoms with E-state index in [1.165, 1.54) is 0 Å². The smallest absolute Gasteiger partial charge is 0.410 e. The number of carbonyl (C=O) groups is 1. The molecule has 2 aliphatic heterocycles. The van der Waals surface area contributed by atoms with Crippen molar-refractivity contribution in [1.29, 1.82) is 0 Å². The molecule has 1 aromatic rings. The van der Waals surface area contributed by atoms with Crippen LogP contribution in [0.25, 0.3) is 0 Å². The third-order valence-electron chi connectivity index (χ3n) is 3.59. The summed E-state index contributed by atoms with van der Waals surface area (Å²) in [5, 5.41) is 0. The zero-order valence-corrected chi connectivity index (χ0v) is 13.3.